The van der Waals surface area contributed by atoms with Gasteiger partial charge >= 0.3 is 0 Å². The Morgan fingerprint density at radius 1 is 0.952 bits per heavy atom. The molecule has 0 saturated heterocycles. The molecule has 2 nitrogen and oxygen atoms in total. The van der Waals surface area contributed by atoms with Crippen molar-refractivity contribution >= 4 is 0 Å². The van der Waals surface area contributed by atoms with E-state index < -0.39 is 5.60 Å². The largest absolute Gasteiger partial charge is 0.493 e. The van der Waals surface area contributed by atoms with Crippen LogP contribution in [0.3, 0.4) is 0 Å². The molecule has 0 aliphatic heterocycles. The topological polar surface area (TPSA) is 29.5 Å². The predicted molar refractivity (Wildman–Crippen MR) is 86.6 cm³/mol. The van der Waals surface area contributed by atoms with Crippen LogP contribution in [0.15, 0.2) is 54.6 Å². The maximum Gasteiger partial charge on any atom is 0.125 e. The van der Waals surface area contributed by atoms with Crippen LogP contribution in [-0.4, -0.2) is 11.7 Å². The van der Waals surface area contributed by atoms with Gasteiger partial charge in [0.2, 0.25) is 0 Å². The van der Waals surface area contributed by atoms with Gasteiger partial charge in [-0.25, -0.2) is 0 Å². The summed E-state index contributed by atoms with van der Waals surface area (Å²) in [5, 5.41) is 11.1. The van der Waals surface area contributed by atoms with Gasteiger partial charge < -0.3 is 9.84 Å². The lowest BCUT2D eigenvalue weighted by atomic mass is 9.84. The average molecular weight is 284 g/mol. The summed E-state index contributed by atoms with van der Waals surface area (Å²) in [4.78, 5) is 0. The third kappa shape index (κ3) is 3.85. The van der Waals surface area contributed by atoms with Crippen molar-refractivity contribution in [2.24, 2.45) is 0 Å². The minimum atomic E-state index is -0.897. The number of para-hydroxylation sites is 1. The first-order valence-electron chi connectivity index (χ1n) is 7.68. The van der Waals surface area contributed by atoms with E-state index in [1.807, 2.05) is 49.4 Å². The maximum atomic E-state index is 11.1. The van der Waals surface area contributed by atoms with Crippen LogP contribution in [-0.2, 0) is 12.0 Å². The van der Waals surface area contributed by atoms with Gasteiger partial charge in [-0.1, -0.05) is 62.4 Å². The van der Waals surface area contributed by atoms with E-state index in [4.69, 9.17) is 4.74 Å². The summed E-state index contributed by atoms with van der Waals surface area (Å²) in [5.74, 6) is 0.791. The molecule has 0 spiro atoms. The van der Waals surface area contributed by atoms with Gasteiger partial charge in [0, 0.05) is 12.0 Å². The lowest BCUT2D eigenvalue weighted by Gasteiger charge is -2.29. The number of aliphatic hydroxyl groups is 1. The molecule has 1 unspecified atom stereocenters. The second-order valence-corrected chi connectivity index (χ2v) is 5.39. The van der Waals surface area contributed by atoms with Gasteiger partial charge in [-0.05, 0) is 24.5 Å². The van der Waals surface area contributed by atoms with Crippen LogP contribution in [0.4, 0.5) is 0 Å². The van der Waals surface area contributed by atoms with Crippen LogP contribution in [0.5, 0.6) is 5.75 Å². The summed E-state index contributed by atoms with van der Waals surface area (Å²) in [6.07, 6.45) is 2.20. The molecule has 1 N–H and O–H groups in total. The lowest BCUT2D eigenvalue weighted by molar-refractivity contribution is 0.0297. The molecular formula is C19H24O2. The fourth-order valence-electron chi connectivity index (χ4n) is 2.53. The minimum absolute atomic E-state index is 0.594. The van der Waals surface area contributed by atoms with Crippen LogP contribution in [0.2, 0.25) is 0 Å². The van der Waals surface area contributed by atoms with E-state index in [1.54, 1.807) is 0 Å². The Morgan fingerprint density at radius 3 is 2.29 bits per heavy atom. The average Bonchev–Trinajstić information content (AvgIpc) is 2.54. The molecule has 1 atom stereocenters. The van der Waals surface area contributed by atoms with Crippen molar-refractivity contribution < 1.29 is 9.84 Å². The molecule has 0 bridgehead atoms. The Kier molecular flexibility index (Phi) is 5.40. The van der Waals surface area contributed by atoms with Crippen molar-refractivity contribution in [1.29, 1.82) is 0 Å². The van der Waals surface area contributed by atoms with Gasteiger partial charge in [0.05, 0.1) is 12.2 Å². The van der Waals surface area contributed by atoms with Gasteiger partial charge in [0.15, 0.2) is 0 Å². The molecule has 2 rings (SSSR count). The first-order valence-corrected chi connectivity index (χ1v) is 7.68. The lowest BCUT2D eigenvalue weighted by Crippen LogP contribution is -2.28. The summed E-state index contributed by atoms with van der Waals surface area (Å²) >= 11 is 0. The number of benzene rings is 2. The monoisotopic (exact) mass is 284 g/mol. The standard InChI is InChI=1S/C19H24O2/c1-3-14-21-18-13-9-8-12-17(18)19(20,4-2)15-16-10-6-5-7-11-16/h5-13,20H,3-4,14-15H2,1-2H3. The number of hydrogen-bond acceptors (Lipinski definition) is 2. The normalized spacial score (nSPS) is 13.7. The summed E-state index contributed by atoms with van der Waals surface area (Å²) in [5.41, 5.74) is 1.11. The third-order valence-corrected chi connectivity index (χ3v) is 3.77. The Morgan fingerprint density at radius 2 is 1.62 bits per heavy atom. The Hall–Kier alpha value is -1.80. The van der Waals surface area contributed by atoms with Gasteiger partial charge in [0.1, 0.15) is 5.75 Å². The summed E-state index contributed by atoms with van der Waals surface area (Å²) in [6, 6.07) is 17.9. The van der Waals surface area contributed by atoms with Gasteiger partial charge in [-0.15, -0.1) is 0 Å². The van der Waals surface area contributed by atoms with Crippen molar-refractivity contribution in [3.8, 4) is 5.75 Å². The van der Waals surface area contributed by atoms with Crippen LogP contribution in [0, 0.1) is 0 Å². The molecule has 21 heavy (non-hydrogen) atoms. The molecular weight excluding hydrogens is 260 g/mol. The predicted octanol–water partition coefficient (Wildman–Crippen LogP) is 4.32. The van der Waals surface area contributed by atoms with Crippen LogP contribution in [0.25, 0.3) is 0 Å². The molecule has 0 heterocycles. The van der Waals surface area contributed by atoms with Gasteiger partial charge in [0.25, 0.3) is 0 Å². The van der Waals surface area contributed by atoms with Crippen molar-refractivity contribution in [3.05, 3.63) is 65.7 Å². The quantitative estimate of drug-likeness (QED) is 0.820. The highest BCUT2D eigenvalue weighted by molar-refractivity contribution is 5.39. The molecule has 0 aliphatic carbocycles. The molecule has 0 aromatic heterocycles. The van der Waals surface area contributed by atoms with E-state index in [0.717, 1.165) is 23.3 Å². The first-order chi connectivity index (χ1) is 10.2. The van der Waals surface area contributed by atoms with Crippen molar-refractivity contribution in [1.82, 2.24) is 0 Å². The number of ether oxygens (including phenoxy) is 1. The van der Waals surface area contributed by atoms with Gasteiger partial charge in [-0.3, -0.25) is 0 Å². The van der Waals surface area contributed by atoms with E-state index in [9.17, 15) is 5.11 Å². The van der Waals surface area contributed by atoms with E-state index >= 15 is 0 Å². The van der Waals surface area contributed by atoms with Crippen LogP contribution < -0.4 is 4.74 Å². The number of rotatable bonds is 7. The highest BCUT2D eigenvalue weighted by Gasteiger charge is 2.30. The van der Waals surface area contributed by atoms with Crippen molar-refractivity contribution in [3.63, 3.8) is 0 Å². The fraction of sp³-hybridized carbons (Fsp3) is 0.368. The molecule has 0 fully saturated rings. The SMILES string of the molecule is CCCOc1ccccc1C(O)(CC)Cc1ccccc1. The maximum absolute atomic E-state index is 11.1. The van der Waals surface area contributed by atoms with Gasteiger partial charge in [-0.2, -0.15) is 0 Å². The minimum Gasteiger partial charge on any atom is -0.493 e. The van der Waals surface area contributed by atoms with E-state index in [0.29, 0.717) is 19.4 Å². The van der Waals surface area contributed by atoms with Crippen LogP contribution in [0.1, 0.15) is 37.8 Å². The van der Waals surface area contributed by atoms with E-state index in [-0.39, 0.29) is 0 Å². The fourth-order valence-corrected chi connectivity index (χ4v) is 2.53. The molecule has 0 saturated carbocycles. The molecule has 0 aliphatic rings. The molecule has 2 heteroatoms. The molecule has 2 aromatic carbocycles. The highest BCUT2D eigenvalue weighted by Crippen LogP contribution is 2.35. The van der Waals surface area contributed by atoms with E-state index in [1.165, 1.54) is 0 Å². The Balaban J connectivity index is 2.31. The second-order valence-electron chi connectivity index (χ2n) is 5.39. The molecule has 112 valence electrons. The second kappa shape index (κ2) is 7.28. The van der Waals surface area contributed by atoms with Crippen molar-refractivity contribution in [2.75, 3.05) is 6.61 Å². The molecule has 0 amide bonds. The summed E-state index contributed by atoms with van der Waals surface area (Å²) in [6.45, 7) is 4.76. The zero-order chi connectivity index (χ0) is 15.1. The zero-order valence-corrected chi connectivity index (χ0v) is 12.9. The third-order valence-electron chi connectivity index (χ3n) is 3.77. The first kappa shape index (κ1) is 15.6. The smallest absolute Gasteiger partial charge is 0.125 e. The summed E-state index contributed by atoms with van der Waals surface area (Å²) < 4.78 is 5.81. The summed E-state index contributed by atoms with van der Waals surface area (Å²) in [7, 11) is 0. The van der Waals surface area contributed by atoms with Crippen molar-refractivity contribution in [2.45, 2.75) is 38.7 Å². The Labute approximate surface area is 127 Å². The zero-order valence-electron chi connectivity index (χ0n) is 12.9. The molecule has 0 radical (unpaired) electrons. The molecule has 2 aromatic rings. The highest BCUT2D eigenvalue weighted by atomic mass is 16.5. The van der Waals surface area contributed by atoms with E-state index in [2.05, 4.69) is 19.1 Å². The number of hydrogen-bond donors (Lipinski definition) is 1. The van der Waals surface area contributed by atoms with Crippen LogP contribution >= 0.6 is 0 Å². The Bertz CT molecular complexity index is 551.